The van der Waals surface area contributed by atoms with Crippen molar-refractivity contribution in [2.24, 2.45) is 11.8 Å². The molecular formula is C46H58N4O12. The van der Waals surface area contributed by atoms with Crippen LogP contribution >= 0.6 is 0 Å². The van der Waals surface area contributed by atoms with E-state index in [0.717, 1.165) is 59.1 Å². The Balaban J connectivity index is 1.11. The minimum Gasteiger partial charge on any atom is -0.456 e. The standard InChI is InChI=1S/C46H58N4O12/c1-25(2)39(47-45(57)59-5)41(53)49-21-9-15-35(49)43(55)61-23-37(51)33-19-17-31(27-11-7-13-29(27)33)32-18-20-34(30-14-8-12-28(30)32)38(52)24-62-44(56)36-16-10-22-50(36)42(54)40(26(3)4)48-46(58)60-6/h17-20,25-26,35-36,39-40H,7-16,21-24H2,1-6H3,(H,47,57)(H,48,58)/t35-,36?,39-,40-/m0/s1. The van der Waals surface area contributed by atoms with E-state index in [1.807, 2.05) is 12.1 Å². The molecule has 0 radical (unpaired) electrons. The van der Waals surface area contributed by atoms with Gasteiger partial charge in [0.1, 0.15) is 24.2 Å². The van der Waals surface area contributed by atoms with Crippen LogP contribution in [-0.4, -0.2) is 122 Å². The minimum absolute atomic E-state index is 0.262. The molecule has 2 N–H and O–H groups in total. The first kappa shape index (κ1) is 45.7. The Hall–Kier alpha value is -5.80. The summed E-state index contributed by atoms with van der Waals surface area (Å²) in [5.74, 6) is -3.36. The lowest BCUT2D eigenvalue weighted by atomic mass is 9.87. The summed E-state index contributed by atoms with van der Waals surface area (Å²) < 4.78 is 20.5. The third-order valence-corrected chi connectivity index (χ3v) is 12.6. The summed E-state index contributed by atoms with van der Waals surface area (Å²) in [5, 5.41) is 5.11. The van der Waals surface area contributed by atoms with E-state index in [0.29, 0.717) is 62.7 Å². The van der Waals surface area contributed by atoms with Crippen LogP contribution in [0.4, 0.5) is 9.59 Å². The Labute approximate surface area is 361 Å². The number of nitrogens with one attached hydrogen (secondary N) is 2. The second kappa shape index (κ2) is 19.9. The molecule has 2 aromatic rings. The van der Waals surface area contributed by atoms with Gasteiger partial charge in [0.2, 0.25) is 23.4 Å². The van der Waals surface area contributed by atoms with E-state index in [2.05, 4.69) is 20.1 Å². The molecule has 0 bridgehead atoms. The first-order valence-corrected chi connectivity index (χ1v) is 21.7. The number of hydrogen-bond donors (Lipinski definition) is 2. The highest BCUT2D eigenvalue weighted by atomic mass is 16.6. The van der Waals surface area contributed by atoms with E-state index in [9.17, 15) is 38.4 Å². The molecule has 2 aliphatic carbocycles. The fourth-order valence-electron chi connectivity index (χ4n) is 9.37. The second-order valence-corrected chi connectivity index (χ2v) is 17.1. The first-order chi connectivity index (χ1) is 29.7. The van der Waals surface area contributed by atoms with Gasteiger partial charge in [0, 0.05) is 24.2 Å². The van der Waals surface area contributed by atoms with E-state index in [1.165, 1.54) is 24.0 Å². The fourth-order valence-corrected chi connectivity index (χ4v) is 9.37. The number of ketones is 2. The Bertz CT molecular complexity index is 1970. The Kier molecular flexibility index (Phi) is 14.7. The lowest BCUT2D eigenvalue weighted by Gasteiger charge is -2.29. The van der Waals surface area contributed by atoms with Crippen molar-refractivity contribution < 1.29 is 57.3 Å². The van der Waals surface area contributed by atoms with E-state index < -0.39 is 73.3 Å². The van der Waals surface area contributed by atoms with Crippen LogP contribution in [-0.2, 0) is 63.8 Å². The van der Waals surface area contributed by atoms with Crippen LogP contribution in [0.1, 0.15) is 109 Å². The number of nitrogens with zero attached hydrogens (tertiary/aromatic N) is 2. The summed E-state index contributed by atoms with van der Waals surface area (Å²) >= 11 is 0. The van der Waals surface area contributed by atoms with E-state index in [4.69, 9.17) is 9.47 Å². The number of amides is 4. The van der Waals surface area contributed by atoms with Gasteiger partial charge in [0.05, 0.1) is 14.2 Å². The zero-order valence-electron chi connectivity index (χ0n) is 36.5. The van der Waals surface area contributed by atoms with Crippen LogP contribution < -0.4 is 10.6 Å². The summed E-state index contributed by atoms with van der Waals surface area (Å²) in [4.78, 5) is 107. The van der Waals surface area contributed by atoms with Gasteiger partial charge in [-0.1, -0.05) is 52.0 Å². The van der Waals surface area contributed by atoms with Crippen molar-refractivity contribution in [2.75, 3.05) is 40.5 Å². The average Bonchev–Trinajstić information content (AvgIpc) is 4.11. The number of methoxy groups -OCH3 is 2. The van der Waals surface area contributed by atoms with Crippen molar-refractivity contribution in [2.45, 2.75) is 116 Å². The lowest BCUT2D eigenvalue weighted by Crippen LogP contribution is -2.54. The molecule has 16 heteroatoms. The van der Waals surface area contributed by atoms with Gasteiger partial charge in [-0.15, -0.1) is 0 Å². The molecule has 4 aliphatic rings. The van der Waals surface area contributed by atoms with Crippen LogP contribution in [0.2, 0.25) is 0 Å². The van der Waals surface area contributed by atoms with Gasteiger partial charge in [0.15, 0.2) is 13.2 Å². The highest BCUT2D eigenvalue weighted by Crippen LogP contribution is 2.40. The van der Waals surface area contributed by atoms with Crippen molar-refractivity contribution in [3.05, 3.63) is 57.6 Å². The number of carbonyl (C=O) groups excluding carboxylic acids is 8. The van der Waals surface area contributed by atoms with Gasteiger partial charge >= 0.3 is 24.1 Å². The molecule has 2 fully saturated rings. The Morgan fingerprint density at radius 1 is 0.565 bits per heavy atom. The zero-order valence-corrected chi connectivity index (χ0v) is 36.5. The van der Waals surface area contributed by atoms with Crippen LogP contribution in [0, 0.1) is 11.8 Å². The minimum atomic E-state index is -0.891. The van der Waals surface area contributed by atoms with Gasteiger partial charge in [-0.05, 0) is 109 Å². The molecular weight excluding hydrogens is 801 g/mol. The van der Waals surface area contributed by atoms with Gasteiger partial charge in [-0.3, -0.25) is 19.2 Å². The van der Waals surface area contributed by atoms with Crippen molar-refractivity contribution in [1.29, 1.82) is 0 Å². The molecule has 0 spiro atoms. The monoisotopic (exact) mass is 858 g/mol. The normalized spacial score (nSPS) is 18.8. The molecule has 334 valence electrons. The number of esters is 2. The molecule has 16 nitrogen and oxygen atoms in total. The van der Waals surface area contributed by atoms with E-state index >= 15 is 0 Å². The summed E-state index contributed by atoms with van der Waals surface area (Å²) in [6.07, 6.45) is 4.98. The number of benzene rings is 2. The highest BCUT2D eigenvalue weighted by molar-refractivity contribution is 6.03. The van der Waals surface area contributed by atoms with Gasteiger partial charge < -0.3 is 39.4 Å². The Morgan fingerprint density at radius 3 is 1.29 bits per heavy atom. The number of ether oxygens (including phenoxy) is 4. The molecule has 62 heavy (non-hydrogen) atoms. The smallest absolute Gasteiger partial charge is 0.407 e. The molecule has 4 amide bonds. The second-order valence-electron chi connectivity index (χ2n) is 17.1. The molecule has 2 heterocycles. The van der Waals surface area contributed by atoms with Crippen molar-refractivity contribution in [3.63, 3.8) is 0 Å². The predicted octanol–water partition coefficient (Wildman–Crippen LogP) is 4.53. The summed E-state index contributed by atoms with van der Waals surface area (Å²) in [6, 6.07) is 3.87. The fraction of sp³-hybridized carbons (Fsp3) is 0.565. The SMILES string of the molecule is COC(=O)N[C@H](C(=O)N1CCCC1C(=O)OCC(=O)c1ccc(-c2ccc(C(=O)COC(=O)[C@@H]3CCCN3C(=O)[C@@H](NC(=O)OC)C(C)C)c3c2CCC3)c2c1CCC2)C(C)C. The van der Waals surface area contributed by atoms with Crippen LogP contribution in [0.25, 0.3) is 11.1 Å². The van der Waals surface area contributed by atoms with Crippen LogP contribution in [0.15, 0.2) is 24.3 Å². The van der Waals surface area contributed by atoms with Crippen LogP contribution in [0.3, 0.4) is 0 Å². The van der Waals surface area contributed by atoms with Gasteiger partial charge in [0.25, 0.3) is 0 Å². The molecule has 1 unspecified atom stereocenters. The largest absolute Gasteiger partial charge is 0.456 e. The third-order valence-electron chi connectivity index (χ3n) is 12.6. The predicted molar refractivity (Wildman–Crippen MR) is 224 cm³/mol. The number of rotatable bonds is 15. The van der Waals surface area contributed by atoms with E-state index in [1.54, 1.807) is 39.8 Å². The molecule has 6 rings (SSSR count). The summed E-state index contributed by atoms with van der Waals surface area (Å²) in [5.41, 5.74) is 6.87. The number of carbonyl (C=O) groups is 8. The molecule has 0 aromatic heterocycles. The number of hydrogen-bond acceptors (Lipinski definition) is 12. The Morgan fingerprint density at radius 2 is 0.935 bits per heavy atom. The molecule has 2 aliphatic heterocycles. The maximum atomic E-state index is 13.7. The highest BCUT2D eigenvalue weighted by Gasteiger charge is 2.41. The zero-order chi connectivity index (χ0) is 44.8. The van der Waals surface area contributed by atoms with Gasteiger partial charge in [-0.25, -0.2) is 19.2 Å². The average molecular weight is 859 g/mol. The van der Waals surface area contributed by atoms with Crippen molar-refractivity contribution in [3.8, 4) is 11.1 Å². The van der Waals surface area contributed by atoms with Crippen molar-refractivity contribution >= 4 is 47.5 Å². The summed E-state index contributed by atoms with van der Waals surface area (Å²) in [7, 11) is 2.42. The van der Waals surface area contributed by atoms with E-state index in [-0.39, 0.29) is 23.4 Å². The molecule has 2 aromatic carbocycles. The van der Waals surface area contributed by atoms with Gasteiger partial charge in [-0.2, -0.15) is 0 Å². The lowest BCUT2D eigenvalue weighted by molar-refractivity contribution is -0.153. The topological polar surface area (TPSA) is 204 Å². The van der Waals surface area contributed by atoms with Crippen molar-refractivity contribution in [1.82, 2.24) is 20.4 Å². The number of likely N-dealkylation sites (tertiary alicyclic amines) is 2. The maximum absolute atomic E-state index is 13.7. The first-order valence-electron chi connectivity index (χ1n) is 21.7. The quantitative estimate of drug-likeness (QED) is 0.144. The number of Topliss-reactive ketones (excluding diaryl/α,β-unsaturated/α-hetero) is 2. The summed E-state index contributed by atoms with van der Waals surface area (Å²) in [6.45, 7) is 6.82. The number of alkyl carbamates (subject to hydrolysis) is 2. The molecule has 2 saturated heterocycles. The molecule has 0 saturated carbocycles. The van der Waals surface area contributed by atoms with Crippen LogP contribution in [0.5, 0.6) is 0 Å². The molecule has 4 atom stereocenters. The maximum Gasteiger partial charge on any atom is 0.407 e. The third kappa shape index (κ3) is 9.63. The number of fused-ring (bicyclic) bond motifs is 2.